The van der Waals surface area contributed by atoms with Crippen LogP contribution in [0.5, 0.6) is 5.88 Å². The molecule has 0 aromatic carbocycles. The Morgan fingerprint density at radius 1 is 0.909 bits per heavy atom. The lowest BCUT2D eigenvalue weighted by Gasteiger charge is -2.36. The lowest BCUT2D eigenvalue weighted by Crippen LogP contribution is -2.49. The van der Waals surface area contributed by atoms with Crippen LogP contribution in [0.1, 0.15) is 61.0 Å². The Morgan fingerprint density at radius 2 is 1.67 bits per heavy atom. The van der Waals surface area contributed by atoms with E-state index in [1.54, 1.807) is 6.20 Å². The first-order chi connectivity index (χ1) is 16.2. The van der Waals surface area contributed by atoms with Gasteiger partial charge in [0.15, 0.2) is 0 Å². The molecular formula is C25H34N6O2. The first-order valence-corrected chi connectivity index (χ1v) is 12.4. The third-order valence-electron chi connectivity index (χ3n) is 6.93. The fourth-order valence-electron chi connectivity index (χ4n) is 5.01. The molecule has 1 saturated carbocycles. The van der Waals surface area contributed by atoms with Crippen LogP contribution in [0.3, 0.4) is 0 Å². The molecule has 5 rings (SSSR count). The van der Waals surface area contributed by atoms with E-state index in [1.807, 2.05) is 24.0 Å². The second kappa shape index (κ2) is 9.93. The number of aromatic nitrogens is 3. The van der Waals surface area contributed by atoms with Crippen molar-refractivity contribution < 1.29 is 9.53 Å². The summed E-state index contributed by atoms with van der Waals surface area (Å²) in [4.78, 5) is 33.4. The van der Waals surface area contributed by atoms with Crippen molar-refractivity contribution in [2.75, 3.05) is 49.1 Å². The number of pyridine rings is 1. The summed E-state index contributed by atoms with van der Waals surface area (Å²) in [7, 11) is 0. The molecule has 8 heteroatoms. The van der Waals surface area contributed by atoms with E-state index in [4.69, 9.17) is 9.72 Å². The van der Waals surface area contributed by atoms with Gasteiger partial charge in [0, 0.05) is 63.3 Å². The number of hydrogen-bond donors (Lipinski definition) is 0. The molecule has 4 heterocycles. The molecule has 0 spiro atoms. The summed E-state index contributed by atoms with van der Waals surface area (Å²) < 4.78 is 5.92. The SMILES string of the molecule is Cc1cc(N2CCN(C(=O)c3ccc(OC4CCCC4)nc3)CC2)nc(N2CCCCC2)n1. The maximum absolute atomic E-state index is 13.0. The first kappa shape index (κ1) is 21.9. The molecule has 2 aromatic heterocycles. The molecule has 176 valence electrons. The maximum Gasteiger partial charge on any atom is 0.255 e. The van der Waals surface area contributed by atoms with Crippen molar-refractivity contribution in [3.8, 4) is 5.88 Å². The van der Waals surface area contributed by atoms with E-state index in [1.165, 1.54) is 32.1 Å². The average Bonchev–Trinajstić information content (AvgIpc) is 3.37. The number of aryl methyl sites for hydroxylation is 1. The Balaban J connectivity index is 1.18. The number of carbonyl (C=O) groups is 1. The monoisotopic (exact) mass is 450 g/mol. The Bertz CT molecular complexity index is 946. The minimum absolute atomic E-state index is 0.0300. The molecule has 0 bridgehead atoms. The highest BCUT2D eigenvalue weighted by Crippen LogP contribution is 2.24. The molecule has 3 aliphatic rings. The van der Waals surface area contributed by atoms with Gasteiger partial charge in [0.25, 0.3) is 5.91 Å². The molecule has 2 aliphatic heterocycles. The van der Waals surface area contributed by atoms with E-state index in [-0.39, 0.29) is 12.0 Å². The maximum atomic E-state index is 13.0. The van der Waals surface area contributed by atoms with Crippen LogP contribution in [0.4, 0.5) is 11.8 Å². The van der Waals surface area contributed by atoms with Gasteiger partial charge in [-0.2, -0.15) is 4.98 Å². The number of piperazine rings is 1. The predicted octanol–water partition coefficient (Wildman–Crippen LogP) is 3.45. The zero-order valence-electron chi connectivity index (χ0n) is 19.6. The van der Waals surface area contributed by atoms with Gasteiger partial charge >= 0.3 is 0 Å². The smallest absolute Gasteiger partial charge is 0.255 e. The van der Waals surface area contributed by atoms with Gasteiger partial charge in [-0.1, -0.05) is 0 Å². The molecule has 0 N–H and O–H groups in total. The topological polar surface area (TPSA) is 74.7 Å². The lowest BCUT2D eigenvalue weighted by molar-refractivity contribution is 0.0746. The summed E-state index contributed by atoms with van der Waals surface area (Å²) in [6, 6.07) is 5.72. The molecule has 2 aromatic rings. The van der Waals surface area contributed by atoms with Crippen molar-refractivity contribution in [3.63, 3.8) is 0 Å². The van der Waals surface area contributed by atoms with Crippen LogP contribution < -0.4 is 14.5 Å². The van der Waals surface area contributed by atoms with Gasteiger partial charge in [0.05, 0.1) is 5.56 Å². The molecule has 8 nitrogen and oxygen atoms in total. The van der Waals surface area contributed by atoms with E-state index < -0.39 is 0 Å². The zero-order chi connectivity index (χ0) is 22.6. The van der Waals surface area contributed by atoms with E-state index in [0.717, 1.165) is 56.5 Å². The van der Waals surface area contributed by atoms with E-state index in [0.29, 0.717) is 24.5 Å². The molecule has 1 amide bonds. The number of rotatable bonds is 5. The number of nitrogens with zero attached hydrogens (tertiary/aromatic N) is 6. The molecule has 33 heavy (non-hydrogen) atoms. The molecular weight excluding hydrogens is 416 g/mol. The molecule has 3 fully saturated rings. The van der Waals surface area contributed by atoms with Crippen molar-refractivity contribution in [2.45, 2.75) is 58.0 Å². The second-order valence-electron chi connectivity index (χ2n) is 9.40. The van der Waals surface area contributed by atoms with Crippen LogP contribution in [-0.2, 0) is 0 Å². The van der Waals surface area contributed by atoms with Crippen LogP contribution in [0.15, 0.2) is 24.4 Å². The standard InChI is InChI=1S/C25H34N6O2/c1-19-17-22(28-25(27-19)31-11-5-2-6-12-31)29-13-15-30(16-14-29)24(32)20-9-10-23(26-18-20)33-21-7-3-4-8-21/h9-10,17-18,21H,2-8,11-16H2,1H3. The van der Waals surface area contributed by atoms with Crippen molar-refractivity contribution in [1.29, 1.82) is 0 Å². The van der Waals surface area contributed by atoms with Gasteiger partial charge in [0.1, 0.15) is 11.9 Å². The predicted molar refractivity (Wildman–Crippen MR) is 128 cm³/mol. The number of carbonyl (C=O) groups excluding carboxylic acids is 1. The van der Waals surface area contributed by atoms with Gasteiger partial charge < -0.3 is 19.4 Å². The number of anilines is 2. The van der Waals surface area contributed by atoms with Crippen LogP contribution in [0.25, 0.3) is 0 Å². The van der Waals surface area contributed by atoms with Gasteiger partial charge in [-0.15, -0.1) is 0 Å². The summed E-state index contributed by atoms with van der Waals surface area (Å²) in [5.74, 6) is 2.45. The van der Waals surface area contributed by atoms with Crippen LogP contribution in [0, 0.1) is 6.92 Å². The zero-order valence-corrected chi connectivity index (χ0v) is 19.6. The van der Waals surface area contributed by atoms with Crippen molar-refractivity contribution in [2.24, 2.45) is 0 Å². The van der Waals surface area contributed by atoms with Gasteiger partial charge in [0.2, 0.25) is 11.8 Å². The minimum atomic E-state index is 0.0300. The molecule has 2 saturated heterocycles. The third kappa shape index (κ3) is 5.20. The highest BCUT2D eigenvalue weighted by Gasteiger charge is 2.25. The highest BCUT2D eigenvalue weighted by molar-refractivity contribution is 5.94. The van der Waals surface area contributed by atoms with E-state index in [9.17, 15) is 4.79 Å². The lowest BCUT2D eigenvalue weighted by atomic mass is 10.1. The second-order valence-corrected chi connectivity index (χ2v) is 9.40. The van der Waals surface area contributed by atoms with Crippen LogP contribution in [-0.4, -0.2) is 71.1 Å². The van der Waals surface area contributed by atoms with Crippen LogP contribution >= 0.6 is 0 Å². The molecule has 0 radical (unpaired) electrons. The summed E-state index contributed by atoms with van der Waals surface area (Å²) in [6.45, 7) is 6.96. The van der Waals surface area contributed by atoms with Gasteiger partial charge in [-0.05, 0) is 57.9 Å². The fourth-order valence-corrected chi connectivity index (χ4v) is 5.01. The van der Waals surface area contributed by atoms with Gasteiger partial charge in [-0.3, -0.25) is 4.79 Å². The Morgan fingerprint density at radius 3 is 2.36 bits per heavy atom. The van der Waals surface area contributed by atoms with E-state index >= 15 is 0 Å². The molecule has 1 aliphatic carbocycles. The molecule has 0 atom stereocenters. The Kier molecular flexibility index (Phi) is 6.60. The minimum Gasteiger partial charge on any atom is -0.474 e. The summed E-state index contributed by atoms with van der Waals surface area (Å²) in [5.41, 5.74) is 1.61. The van der Waals surface area contributed by atoms with Crippen molar-refractivity contribution in [1.82, 2.24) is 19.9 Å². The normalized spacial score (nSPS) is 19.7. The number of piperidine rings is 1. The van der Waals surface area contributed by atoms with E-state index in [2.05, 4.69) is 25.8 Å². The largest absolute Gasteiger partial charge is 0.474 e. The van der Waals surface area contributed by atoms with Gasteiger partial charge in [-0.25, -0.2) is 9.97 Å². The summed E-state index contributed by atoms with van der Waals surface area (Å²) in [6.07, 6.45) is 10.3. The molecule has 0 unspecified atom stereocenters. The van der Waals surface area contributed by atoms with Crippen molar-refractivity contribution in [3.05, 3.63) is 35.7 Å². The summed E-state index contributed by atoms with van der Waals surface area (Å²) in [5, 5.41) is 0. The number of ether oxygens (including phenoxy) is 1. The fraction of sp³-hybridized carbons (Fsp3) is 0.600. The quantitative estimate of drug-likeness (QED) is 0.691. The Hall–Kier alpha value is -2.90. The van der Waals surface area contributed by atoms with Crippen molar-refractivity contribution >= 4 is 17.7 Å². The highest BCUT2D eigenvalue weighted by atomic mass is 16.5. The number of amides is 1. The van der Waals surface area contributed by atoms with Crippen LogP contribution in [0.2, 0.25) is 0 Å². The Labute approximate surface area is 196 Å². The average molecular weight is 451 g/mol. The summed E-state index contributed by atoms with van der Waals surface area (Å²) >= 11 is 0. The first-order valence-electron chi connectivity index (χ1n) is 12.4. The third-order valence-corrected chi connectivity index (χ3v) is 6.93. The number of hydrogen-bond acceptors (Lipinski definition) is 7.